The van der Waals surface area contributed by atoms with E-state index in [4.69, 9.17) is 4.74 Å². The van der Waals surface area contributed by atoms with Crippen LogP contribution < -0.4 is 5.32 Å². The van der Waals surface area contributed by atoms with Crippen LogP contribution in [0, 0.1) is 0 Å². The SMILES string of the molecule is CCCNC(C)(CCCSc1cnccn1)C(=O)OCC. The molecule has 0 aromatic carbocycles. The maximum absolute atomic E-state index is 12.1. The number of rotatable bonds is 10. The number of hydrogen-bond acceptors (Lipinski definition) is 6. The van der Waals surface area contributed by atoms with Crippen LogP contribution in [0.5, 0.6) is 0 Å². The van der Waals surface area contributed by atoms with E-state index in [1.165, 1.54) is 0 Å². The lowest BCUT2D eigenvalue weighted by atomic mass is 9.96. The smallest absolute Gasteiger partial charge is 0.326 e. The van der Waals surface area contributed by atoms with Crippen LogP contribution in [-0.4, -0.2) is 40.4 Å². The first-order valence-electron chi connectivity index (χ1n) is 7.43. The van der Waals surface area contributed by atoms with Gasteiger partial charge in [-0.15, -0.1) is 11.8 Å². The highest BCUT2D eigenvalue weighted by Gasteiger charge is 2.33. The Morgan fingerprint density at radius 1 is 1.43 bits per heavy atom. The van der Waals surface area contributed by atoms with Crippen LogP contribution in [0.4, 0.5) is 0 Å². The molecule has 1 N–H and O–H groups in total. The van der Waals surface area contributed by atoms with E-state index in [1.807, 2.05) is 13.8 Å². The van der Waals surface area contributed by atoms with Crippen molar-refractivity contribution in [3.05, 3.63) is 18.6 Å². The van der Waals surface area contributed by atoms with Crippen molar-refractivity contribution >= 4 is 17.7 Å². The third-order valence-electron chi connectivity index (χ3n) is 3.10. The second kappa shape index (κ2) is 9.73. The number of carbonyl (C=O) groups is 1. The average molecular weight is 311 g/mol. The standard InChI is InChI=1S/C15H25N3O2S/c1-4-8-18-15(3,14(19)20-5-2)7-6-11-21-13-12-16-9-10-17-13/h9-10,12,18H,4-8,11H2,1-3H3. The Labute approximate surface area is 131 Å². The molecule has 0 aliphatic heterocycles. The monoisotopic (exact) mass is 311 g/mol. The van der Waals surface area contributed by atoms with Crippen molar-refractivity contribution in [3.8, 4) is 0 Å². The van der Waals surface area contributed by atoms with E-state index in [9.17, 15) is 4.79 Å². The number of esters is 1. The van der Waals surface area contributed by atoms with E-state index in [0.717, 1.165) is 36.6 Å². The molecule has 5 nitrogen and oxygen atoms in total. The highest BCUT2D eigenvalue weighted by Crippen LogP contribution is 2.20. The van der Waals surface area contributed by atoms with Gasteiger partial charge < -0.3 is 10.1 Å². The van der Waals surface area contributed by atoms with Gasteiger partial charge in [0.05, 0.1) is 12.8 Å². The molecular weight excluding hydrogens is 286 g/mol. The minimum atomic E-state index is -0.602. The first-order valence-corrected chi connectivity index (χ1v) is 8.42. The third kappa shape index (κ3) is 6.44. The van der Waals surface area contributed by atoms with Crippen LogP contribution in [0.3, 0.4) is 0 Å². The minimum absolute atomic E-state index is 0.164. The molecule has 0 aliphatic rings. The topological polar surface area (TPSA) is 64.1 Å². The molecule has 1 unspecified atom stereocenters. The molecule has 1 heterocycles. The number of nitrogens with zero attached hydrogens (tertiary/aromatic N) is 2. The summed E-state index contributed by atoms with van der Waals surface area (Å²) in [5.74, 6) is 0.740. The molecular formula is C15H25N3O2S. The van der Waals surface area contributed by atoms with Gasteiger partial charge >= 0.3 is 5.97 Å². The van der Waals surface area contributed by atoms with Gasteiger partial charge in [0.25, 0.3) is 0 Å². The fourth-order valence-electron chi connectivity index (χ4n) is 1.92. The van der Waals surface area contributed by atoms with E-state index in [-0.39, 0.29) is 5.97 Å². The Kier molecular flexibility index (Phi) is 8.30. The van der Waals surface area contributed by atoms with E-state index >= 15 is 0 Å². The van der Waals surface area contributed by atoms with Gasteiger partial charge in [0.1, 0.15) is 10.6 Å². The van der Waals surface area contributed by atoms with Crippen molar-refractivity contribution in [3.63, 3.8) is 0 Å². The molecule has 0 aliphatic carbocycles. The summed E-state index contributed by atoms with van der Waals surface area (Å²) in [6, 6.07) is 0. The number of hydrogen-bond donors (Lipinski definition) is 1. The molecule has 1 aromatic heterocycles. The molecule has 0 saturated heterocycles. The molecule has 0 spiro atoms. The fraction of sp³-hybridized carbons (Fsp3) is 0.667. The second-order valence-corrected chi connectivity index (χ2v) is 6.09. The number of aromatic nitrogens is 2. The van der Waals surface area contributed by atoms with Gasteiger partial charge in [-0.1, -0.05) is 6.92 Å². The lowest BCUT2D eigenvalue weighted by molar-refractivity contribution is -0.150. The van der Waals surface area contributed by atoms with Crippen LogP contribution >= 0.6 is 11.8 Å². The van der Waals surface area contributed by atoms with Crippen molar-refractivity contribution in [2.75, 3.05) is 18.9 Å². The van der Waals surface area contributed by atoms with E-state index in [1.54, 1.807) is 30.4 Å². The Bertz CT molecular complexity index is 417. The lowest BCUT2D eigenvalue weighted by Gasteiger charge is -2.28. The van der Waals surface area contributed by atoms with Crippen molar-refractivity contribution in [2.24, 2.45) is 0 Å². The summed E-state index contributed by atoms with van der Waals surface area (Å²) in [5.41, 5.74) is -0.602. The van der Waals surface area contributed by atoms with Gasteiger partial charge in [-0.05, 0) is 45.4 Å². The normalized spacial score (nSPS) is 13.7. The van der Waals surface area contributed by atoms with Gasteiger partial charge in [-0.25, -0.2) is 4.98 Å². The largest absolute Gasteiger partial charge is 0.465 e. The maximum atomic E-state index is 12.1. The molecule has 0 radical (unpaired) electrons. The quantitative estimate of drug-likeness (QED) is 0.407. The Morgan fingerprint density at radius 2 is 2.24 bits per heavy atom. The summed E-state index contributed by atoms with van der Waals surface area (Å²) in [6.45, 7) is 7.07. The minimum Gasteiger partial charge on any atom is -0.465 e. The Morgan fingerprint density at radius 3 is 2.86 bits per heavy atom. The van der Waals surface area contributed by atoms with Crippen molar-refractivity contribution in [2.45, 2.75) is 50.6 Å². The van der Waals surface area contributed by atoms with E-state index in [0.29, 0.717) is 6.61 Å². The van der Waals surface area contributed by atoms with Gasteiger partial charge in [0.2, 0.25) is 0 Å². The van der Waals surface area contributed by atoms with Crippen LogP contribution in [0.15, 0.2) is 23.6 Å². The molecule has 1 aromatic rings. The molecule has 21 heavy (non-hydrogen) atoms. The van der Waals surface area contributed by atoms with Gasteiger partial charge in [0, 0.05) is 12.4 Å². The van der Waals surface area contributed by atoms with E-state index < -0.39 is 5.54 Å². The zero-order valence-electron chi connectivity index (χ0n) is 13.1. The zero-order valence-corrected chi connectivity index (χ0v) is 13.9. The molecule has 0 fully saturated rings. The third-order valence-corrected chi connectivity index (χ3v) is 4.10. The molecule has 0 saturated carbocycles. The highest BCUT2D eigenvalue weighted by atomic mass is 32.2. The summed E-state index contributed by atoms with van der Waals surface area (Å²) < 4.78 is 5.19. The summed E-state index contributed by atoms with van der Waals surface area (Å²) in [6.07, 6.45) is 7.75. The van der Waals surface area contributed by atoms with Crippen LogP contribution in [0.1, 0.15) is 40.0 Å². The fourth-order valence-corrected chi connectivity index (χ4v) is 2.68. The highest BCUT2D eigenvalue weighted by molar-refractivity contribution is 7.99. The summed E-state index contributed by atoms with van der Waals surface area (Å²) in [7, 11) is 0. The lowest BCUT2D eigenvalue weighted by Crippen LogP contribution is -2.50. The average Bonchev–Trinajstić information content (AvgIpc) is 2.51. The number of nitrogens with one attached hydrogen (secondary N) is 1. The predicted octanol–water partition coefficient (Wildman–Crippen LogP) is 2.67. The number of thioether (sulfide) groups is 1. The van der Waals surface area contributed by atoms with Gasteiger partial charge in [-0.2, -0.15) is 0 Å². The molecule has 118 valence electrons. The van der Waals surface area contributed by atoms with Crippen molar-refractivity contribution in [1.82, 2.24) is 15.3 Å². The molecule has 6 heteroatoms. The van der Waals surface area contributed by atoms with Gasteiger partial charge in [0.15, 0.2) is 0 Å². The number of ether oxygens (including phenoxy) is 1. The van der Waals surface area contributed by atoms with Crippen LogP contribution in [0.2, 0.25) is 0 Å². The molecule has 1 rings (SSSR count). The van der Waals surface area contributed by atoms with Crippen molar-refractivity contribution in [1.29, 1.82) is 0 Å². The van der Waals surface area contributed by atoms with Crippen LogP contribution in [-0.2, 0) is 9.53 Å². The Hall–Kier alpha value is -1.14. The van der Waals surface area contributed by atoms with Crippen LogP contribution in [0.25, 0.3) is 0 Å². The summed E-state index contributed by atoms with van der Waals surface area (Å²) in [5, 5.41) is 4.23. The molecule has 0 amide bonds. The van der Waals surface area contributed by atoms with Gasteiger partial charge in [-0.3, -0.25) is 9.78 Å². The summed E-state index contributed by atoms with van der Waals surface area (Å²) in [4.78, 5) is 20.4. The maximum Gasteiger partial charge on any atom is 0.326 e. The predicted molar refractivity (Wildman–Crippen MR) is 85.3 cm³/mol. The van der Waals surface area contributed by atoms with Crippen molar-refractivity contribution < 1.29 is 9.53 Å². The zero-order chi connectivity index (χ0) is 15.6. The second-order valence-electron chi connectivity index (χ2n) is 4.98. The molecule has 1 atom stereocenters. The first-order chi connectivity index (χ1) is 10.1. The Balaban J connectivity index is 2.43. The number of carbonyl (C=O) groups excluding carboxylic acids is 1. The molecule has 0 bridgehead atoms. The summed E-state index contributed by atoms with van der Waals surface area (Å²) >= 11 is 1.66. The first kappa shape index (κ1) is 17.9. The van der Waals surface area contributed by atoms with E-state index in [2.05, 4.69) is 22.2 Å².